The molecule has 0 bridgehead atoms. The van der Waals surface area contributed by atoms with Gasteiger partial charge in [0.1, 0.15) is 11.8 Å². The predicted molar refractivity (Wildman–Crippen MR) is 119 cm³/mol. The van der Waals surface area contributed by atoms with Crippen LogP contribution in [0.2, 0.25) is 0 Å². The largest absolute Gasteiger partial charge is 0.507 e. The number of allylic oxidation sites excluding steroid dienone is 1. The van der Waals surface area contributed by atoms with Gasteiger partial charge in [0.05, 0.1) is 6.21 Å². The molecule has 0 radical (unpaired) electrons. The summed E-state index contributed by atoms with van der Waals surface area (Å²) in [6.45, 7) is 7.62. The first kappa shape index (κ1) is 21.0. The zero-order valence-corrected chi connectivity index (χ0v) is 17.7. The normalized spacial score (nSPS) is 12.0. The molecule has 2 aromatic carbocycles. The maximum Gasteiger partial charge on any atom is 0.262 e. The number of halogens is 1. The second-order valence-electron chi connectivity index (χ2n) is 6.15. The van der Waals surface area contributed by atoms with Crippen molar-refractivity contribution in [3.8, 4) is 5.75 Å². The summed E-state index contributed by atoms with van der Waals surface area (Å²) in [6, 6.07) is 11.0. The Morgan fingerprint density at radius 3 is 2.81 bits per heavy atom. The Labute approximate surface area is 173 Å². The number of anilines is 1. The van der Waals surface area contributed by atoms with Crippen molar-refractivity contribution >= 4 is 40.4 Å². The topological polar surface area (TPSA) is 73.7 Å². The maximum atomic E-state index is 12.4. The molecule has 1 unspecified atom stereocenters. The van der Waals surface area contributed by atoms with Gasteiger partial charge in [-0.1, -0.05) is 25.1 Å². The van der Waals surface area contributed by atoms with Crippen molar-refractivity contribution in [3.05, 3.63) is 69.3 Å². The summed E-state index contributed by atoms with van der Waals surface area (Å²) >= 11 is 2.26. The number of carbonyl (C=O) groups excluding carboxylic acids is 1. The SMILES string of the molecule is C=CCc1cccc(/C=N/NC(=O)C(CC)Nc2ccc(I)cc2C)c1O. The van der Waals surface area contributed by atoms with E-state index >= 15 is 0 Å². The molecule has 0 aliphatic rings. The molecule has 0 aliphatic carbocycles. The number of aromatic hydroxyl groups is 1. The molecule has 2 aromatic rings. The number of aryl methyl sites for hydroxylation is 1. The van der Waals surface area contributed by atoms with Crippen molar-refractivity contribution in [1.29, 1.82) is 0 Å². The zero-order chi connectivity index (χ0) is 19.8. The number of para-hydroxylation sites is 1. The molecule has 1 atom stereocenters. The van der Waals surface area contributed by atoms with Gasteiger partial charge in [0, 0.05) is 14.8 Å². The number of nitrogens with one attached hydrogen (secondary N) is 2. The van der Waals surface area contributed by atoms with Crippen LogP contribution in [0.4, 0.5) is 5.69 Å². The Kier molecular flexibility index (Phi) is 7.84. The van der Waals surface area contributed by atoms with Crippen LogP contribution in [0, 0.1) is 10.5 Å². The van der Waals surface area contributed by atoms with E-state index in [1.54, 1.807) is 12.1 Å². The second-order valence-corrected chi connectivity index (χ2v) is 7.39. The second kappa shape index (κ2) is 10.1. The lowest BCUT2D eigenvalue weighted by Crippen LogP contribution is -2.37. The third-order valence-corrected chi connectivity index (χ3v) is 4.81. The van der Waals surface area contributed by atoms with E-state index in [1.165, 1.54) is 6.21 Å². The van der Waals surface area contributed by atoms with Gasteiger partial charge in [-0.15, -0.1) is 6.58 Å². The summed E-state index contributed by atoms with van der Waals surface area (Å²) in [4.78, 5) is 12.4. The highest BCUT2D eigenvalue weighted by atomic mass is 127. The van der Waals surface area contributed by atoms with Crippen LogP contribution in [0.15, 0.2) is 54.2 Å². The Morgan fingerprint density at radius 1 is 1.37 bits per heavy atom. The number of phenols is 1. The number of amides is 1. The number of hydrogen-bond acceptors (Lipinski definition) is 4. The minimum atomic E-state index is -0.401. The van der Waals surface area contributed by atoms with E-state index in [-0.39, 0.29) is 11.7 Å². The molecule has 0 spiro atoms. The third kappa shape index (κ3) is 5.82. The molecular weight excluding hydrogens is 453 g/mol. The monoisotopic (exact) mass is 477 g/mol. The minimum Gasteiger partial charge on any atom is -0.507 e. The lowest BCUT2D eigenvalue weighted by molar-refractivity contribution is -0.121. The Bertz CT molecular complexity index is 849. The van der Waals surface area contributed by atoms with Gasteiger partial charge in [-0.25, -0.2) is 5.43 Å². The molecule has 0 fully saturated rings. The van der Waals surface area contributed by atoms with Gasteiger partial charge in [-0.2, -0.15) is 5.10 Å². The molecule has 5 nitrogen and oxygen atoms in total. The molecule has 3 N–H and O–H groups in total. The molecule has 0 aromatic heterocycles. The molecule has 6 heteroatoms. The highest BCUT2D eigenvalue weighted by Gasteiger charge is 2.16. The number of rotatable bonds is 8. The lowest BCUT2D eigenvalue weighted by atomic mass is 10.1. The van der Waals surface area contributed by atoms with Gasteiger partial charge in [0.2, 0.25) is 0 Å². The summed E-state index contributed by atoms with van der Waals surface area (Å²) in [5, 5.41) is 17.5. The quantitative estimate of drug-likeness (QED) is 0.229. The smallest absolute Gasteiger partial charge is 0.262 e. The van der Waals surface area contributed by atoms with Crippen LogP contribution in [-0.2, 0) is 11.2 Å². The summed E-state index contributed by atoms with van der Waals surface area (Å²) in [5.74, 6) is -0.0801. The third-order valence-electron chi connectivity index (χ3n) is 4.14. The van der Waals surface area contributed by atoms with Crippen LogP contribution in [-0.4, -0.2) is 23.3 Å². The van der Waals surface area contributed by atoms with Crippen molar-refractivity contribution in [1.82, 2.24) is 5.43 Å². The van der Waals surface area contributed by atoms with Gasteiger partial charge < -0.3 is 10.4 Å². The fourth-order valence-corrected chi connectivity index (χ4v) is 3.26. The lowest BCUT2D eigenvalue weighted by Gasteiger charge is -2.18. The van der Waals surface area contributed by atoms with Crippen molar-refractivity contribution < 1.29 is 9.90 Å². The number of carbonyl (C=O) groups is 1. The first-order valence-corrected chi connectivity index (χ1v) is 9.81. The zero-order valence-electron chi connectivity index (χ0n) is 15.5. The Hall–Kier alpha value is -2.35. The fraction of sp³-hybridized carbons (Fsp3) is 0.238. The van der Waals surface area contributed by atoms with Crippen LogP contribution < -0.4 is 10.7 Å². The van der Waals surface area contributed by atoms with E-state index < -0.39 is 6.04 Å². The van der Waals surface area contributed by atoms with Crippen LogP contribution in [0.3, 0.4) is 0 Å². The maximum absolute atomic E-state index is 12.4. The molecule has 0 aliphatic heterocycles. The number of hydrogen-bond donors (Lipinski definition) is 3. The fourth-order valence-electron chi connectivity index (χ4n) is 2.61. The van der Waals surface area contributed by atoms with Gasteiger partial charge in [0.25, 0.3) is 5.91 Å². The molecule has 0 saturated heterocycles. The van der Waals surface area contributed by atoms with Crippen molar-refractivity contribution in [2.45, 2.75) is 32.7 Å². The van der Waals surface area contributed by atoms with Crippen molar-refractivity contribution in [2.24, 2.45) is 5.10 Å². The average molecular weight is 477 g/mol. The summed E-state index contributed by atoms with van der Waals surface area (Å²) in [6.07, 6.45) is 4.36. The van der Waals surface area contributed by atoms with Crippen LogP contribution in [0.1, 0.15) is 30.0 Å². The minimum absolute atomic E-state index is 0.148. The molecule has 27 heavy (non-hydrogen) atoms. The van der Waals surface area contributed by atoms with Crippen LogP contribution >= 0.6 is 22.6 Å². The van der Waals surface area contributed by atoms with Crippen LogP contribution in [0.5, 0.6) is 5.75 Å². The van der Waals surface area contributed by atoms with E-state index in [1.807, 2.05) is 38.1 Å². The van der Waals surface area contributed by atoms with Gasteiger partial charge >= 0.3 is 0 Å². The Balaban J connectivity index is 2.03. The summed E-state index contributed by atoms with van der Waals surface area (Å²) in [5.41, 5.74) is 5.87. The van der Waals surface area contributed by atoms with Gasteiger partial charge in [-0.3, -0.25) is 4.79 Å². The molecular formula is C21H24IN3O2. The van der Waals surface area contributed by atoms with E-state index in [0.29, 0.717) is 18.4 Å². The van der Waals surface area contributed by atoms with Crippen LogP contribution in [0.25, 0.3) is 0 Å². The molecule has 0 saturated carbocycles. The standard InChI is InChI=1S/C21H24IN3O2/c1-4-7-15-8-6-9-16(20(15)26)13-23-25-21(27)18(5-2)24-19-11-10-17(22)12-14(19)3/h4,6,8-13,18,24,26H,1,5,7H2,2-3H3,(H,25,27)/b23-13+. The van der Waals surface area contributed by atoms with E-state index in [9.17, 15) is 9.90 Å². The first-order valence-electron chi connectivity index (χ1n) is 8.73. The van der Waals surface area contributed by atoms with E-state index in [2.05, 4.69) is 51.1 Å². The number of hydrazone groups is 1. The van der Waals surface area contributed by atoms with E-state index in [0.717, 1.165) is 20.4 Å². The molecule has 0 heterocycles. The molecule has 2 rings (SSSR count). The highest BCUT2D eigenvalue weighted by molar-refractivity contribution is 14.1. The summed E-state index contributed by atoms with van der Waals surface area (Å²) in [7, 11) is 0. The predicted octanol–water partition coefficient (Wildman–Crippen LogP) is 4.37. The van der Waals surface area contributed by atoms with Crippen molar-refractivity contribution in [2.75, 3.05) is 5.32 Å². The van der Waals surface area contributed by atoms with Crippen molar-refractivity contribution in [3.63, 3.8) is 0 Å². The first-order chi connectivity index (χ1) is 13.0. The molecule has 1 amide bonds. The summed E-state index contributed by atoms with van der Waals surface area (Å²) < 4.78 is 1.15. The molecule has 142 valence electrons. The number of phenolic OH excluding ortho intramolecular Hbond substituents is 1. The number of nitrogens with zero attached hydrogens (tertiary/aromatic N) is 1. The van der Waals surface area contributed by atoms with Gasteiger partial charge in [-0.05, 0) is 77.7 Å². The van der Waals surface area contributed by atoms with E-state index in [4.69, 9.17) is 0 Å². The average Bonchev–Trinajstić information content (AvgIpc) is 2.64. The highest BCUT2D eigenvalue weighted by Crippen LogP contribution is 2.22. The number of benzene rings is 2. The Morgan fingerprint density at radius 2 is 2.15 bits per heavy atom. The van der Waals surface area contributed by atoms with Gasteiger partial charge in [0.15, 0.2) is 0 Å².